The first-order valence-electron chi connectivity index (χ1n) is 5.89. The van der Waals surface area contributed by atoms with Crippen molar-refractivity contribution in [3.63, 3.8) is 0 Å². The molecule has 5 heteroatoms. The van der Waals surface area contributed by atoms with Gasteiger partial charge in [-0.3, -0.25) is 0 Å². The normalized spacial score (nSPS) is 11.3. The molecule has 98 valence electrons. The molecule has 0 aliphatic carbocycles. The Hall–Kier alpha value is -1.99. The van der Waals surface area contributed by atoms with Gasteiger partial charge in [-0.05, 0) is 24.3 Å². The van der Waals surface area contributed by atoms with Crippen molar-refractivity contribution in [1.29, 1.82) is 5.26 Å². The Bertz CT molecular complexity index is 642. The maximum absolute atomic E-state index is 9.26. The molecule has 0 saturated heterocycles. The first kappa shape index (κ1) is 13.4. The summed E-state index contributed by atoms with van der Waals surface area (Å²) >= 11 is 5.86. The lowest BCUT2D eigenvalue weighted by atomic mass is 9.90. The van der Waals surface area contributed by atoms with Crippen molar-refractivity contribution in [2.24, 2.45) is 0 Å². The van der Waals surface area contributed by atoms with Gasteiger partial charge in [0.15, 0.2) is 0 Å². The minimum atomic E-state index is -0.239. The van der Waals surface area contributed by atoms with Crippen LogP contribution in [0, 0.1) is 11.3 Å². The van der Waals surface area contributed by atoms with Crippen LogP contribution in [0.15, 0.2) is 24.3 Å². The number of benzene rings is 1. The summed E-state index contributed by atoms with van der Waals surface area (Å²) in [7, 11) is 0. The third-order valence-electron chi connectivity index (χ3n) is 2.81. The molecule has 0 radical (unpaired) electrons. The lowest BCUT2D eigenvalue weighted by Gasteiger charge is -2.15. The third-order valence-corrected chi connectivity index (χ3v) is 3.07. The number of rotatable bonds is 1. The van der Waals surface area contributed by atoms with E-state index in [-0.39, 0.29) is 5.41 Å². The Morgan fingerprint density at radius 3 is 2.26 bits per heavy atom. The van der Waals surface area contributed by atoms with Gasteiger partial charge in [0.2, 0.25) is 0 Å². The molecule has 19 heavy (non-hydrogen) atoms. The summed E-state index contributed by atoms with van der Waals surface area (Å²) in [6.45, 7) is 6.01. The maximum Gasteiger partial charge on any atom is 0.145 e. The zero-order chi connectivity index (χ0) is 14.2. The second-order valence-electron chi connectivity index (χ2n) is 5.36. The summed E-state index contributed by atoms with van der Waals surface area (Å²) in [6, 6.07) is 9.30. The molecule has 0 spiro atoms. The number of nitriles is 1. The van der Waals surface area contributed by atoms with Crippen molar-refractivity contribution in [3.05, 3.63) is 40.5 Å². The molecular formula is C14H15ClN4. The van der Waals surface area contributed by atoms with E-state index in [1.807, 2.05) is 32.9 Å². The number of anilines is 1. The SMILES string of the molecule is CC(C)(C)c1nn(-c2ccc(Cl)cc2)c(N)c1C#N. The molecule has 1 aromatic carbocycles. The maximum atomic E-state index is 9.26. The second-order valence-corrected chi connectivity index (χ2v) is 5.80. The number of nitrogens with two attached hydrogens (primary N) is 1. The van der Waals surface area contributed by atoms with Crippen molar-refractivity contribution in [2.45, 2.75) is 26.2 Å². The largest absolute Gasteiger partial charge is 0.382 e. The molecule has 0 unspecified atom stereocenters. The van der Waals surface area contributed by atoms with E-state index in [9.17, 15) is 5.26 Å². The molecule has 0 atom stereocenters. The molecule has 2 N–H and O–H groups in total. The van der Waals surface area contributed by atoms with Crippen molar-refractivity contribution >= 4 is 17.4 Å². The molecule has 0 bridgehead atoms. The van der Waals surface area contributed by atoms with Gasteiger partial charge in [-0.1, -0.05) is 32.4 Å². The van der Waals surface area contributed by atoms with E-state index in [1.165, 1.54) is 0 Å². The van der Waals surface area contributed by atoms with E-state index in [0.717, 1.165) is 5.69 Å². The van der Waals surface area contributed by atoms with Crippen LogP contribution in [-0.4, -0.2) is 9.78 Å². The molecule has 0 amide bonds. The van der Waals surface area contributed by atoms with Gasteiger partial charge in [0, 0.05) is 10.4 Å². The zero-order valence-corrected chi connectivity index (χ0v) is 11.9. The Morgan fingerprint density at radius 2 is 1.84 bits per heavy atom. The highest BCUT2D eigenvalue weighted by molar-refractivity contribution is 6.30. The van der Waals surface area contributed by atoms with Crippen LogP contribution >= 0.6 is 11.6 Å². The molecule has 1 heterocycles. The predicted octanol–water partition coefficient (Wildman–Crippen LogP) is 3.28. The Morgan fingerprint density at radius 1 is 1.26 bits per heavy atom. The van der Waals surface area contributed by atoms with E-state index in [2.05, 4.69) is 11.2 Å². The van der Waals surface area contributed by atoms with E-state index in [1.54, 1.807) is 16.8 Å². The van der Waals surface area contributed by atoms with Gasteiger partial charge in [-0.15, -0.1) is 0 Å². The second kappa shape index (κ2) is 4.60. The van der Waals surface area contributed by atoms with Gasteiger partial charge >= 0.3 is 0 Å². The minimum absolute atomic E-state index is 0.239. The van der Waals surface area contributed by atoms with Crippen LogP contribution in [0.3, 0.4) is 0 Å². The number of nitrogen functional groups attached to an aromatic ring is 1. The highest BCUT2D eigenvalue weighted by atomic mass is 35.5. The van der Waals surface area contributed by atoms with Crippen LogP contribution in [0.1, 0.15) is 32.0 Å². The van der Waals surface area contributed by atoms with E-state index >= 15 is 0 Å². The Labute approximate surface area is 117 Å². The van der Waals surface area contributed by atoms with Crippen LogP contribution < -0.4 is 5.73 Å². The van der Waals surface area contributed by atoms with Crippen molar-refractivity contribution in [3.8, 4) is 11.8 Å². The summed E-state index contributed by atoms with van der Waals surface area (Å²) < 4.78 is 1.58. The predicted molar refractivity (Wildman–Crippen MR) is 76.4 cm³/mol. The van der Waals surface area contributed by atoms with Crippen LogP contribution in [0.4, 0.5) is 5.82 Å². The lowest BCUT2D eigenvalue weighted by Crippen LogP contribution is -2.14. The highest BCUT2D eigenvalue weighted by Crippen LogP contribution is 2.29. The summed E-state index contributed by atoms with van der Waals surface area (Å²) in [6.07, 6.45) is 0. The smallest absolute Gasteiger partial charge is 0.145 e. The zero-order valence-electron chi connectivity index (χ0n) is 11.1. The monoisotopic (exact) mass is 274 g/mol. The van der Waals surface area contributed by atoms with E-state index < -0.39 is 0 Å². The van der Waals surface area contributed by atoms with Crippen molar-refractivity contribution < 1.29 is 0 Å². The Balaban J connectivity index is 2.64. The average molecular weight is 275 g/mol. The van der Waals surface area contributed by atoms with Gasteiger partial charge in [0.1, 0.15) is 17.5 Å². The van der Waals surface area contributed by atoms with Gasteiger partial charge < -0.3 is 5.73 Å². The topological polar surface area (TPSA) is 67.6 Å². The summed E-state index contributed by atoms with van der Waals surface area (Å²) in [4.78, 5) is 0. The number of hydrogen-bond donors (Lipinski definition) is 1. The van der Waals surface area contributed by atoms with E-state index in [0.29, 0.717) is 22.1 Å². The van der Waals surface area contributed by atoms with Crippen LogP contribution in [-0.2, 0) is 5.41 Å². The number of halogens is 1. The number of hydrogen-bond acceptors (Lipinski definition) is 3. The van der Waals surface area contributed by atoms with Gasteiger partial charge in [0.25, 0.3) is 0 Å². The lowest BCUT2D eigenvalue weighted by molar-refractivity contribution is 0.559. The summed E-state index contributed by atoms with van der Waals surface area (Å²) in [5.74, 6) is 0.356. The van der Waals surface area contributed by atoms with Gasteiger partial charge in [-0.2, -0.15) is 10.4 Å². The number of aromatic nitrogens is 2. The molecule has 4 nitrogen and oxygen atoms in total. The van der Waals surface area contributed by atoms with Crippen LogP contribution in [0.5, 0.6) is 0 Å². The van der Waals surface area contributed by atoms with Crippen molar-refractivity contribution in [2.75, 3.05) is 5.73 Å². The fourth-order valence-corrected chi connectivity index (χ4v) is 1.97. The quantitative estimate of drug-likeness (QED) is 0.868. The fraction of sp³-hybridized carbons (Fsp3) is 0.286. The first-order valence-corrected chi connectivity index (χ1v) is 6.27. The minimum Gasteiger partial charge on any atom is -0.382 e. The summed E-state index contributed by atoms with van der Waals surface area (Å²) in [5.41, 5.74) is 7.70. The van der Waals surface area contributed by atoms with Crippen LogP contribution in [0.2, 0.25) is 5.02 Å². The molecular weight excluding hydrogens is 260 g/mol. The van der Waals surface area contributed by atoms with Gasteiger partial charge in [0.05, 0.1) is 11.4 Å². The number of nitrogens with zero attached hydrogens (tertiary/aromatic N) is 3. The molecule has 0 aliphatic rings. The average Bonchev–Trinajstić information content (AvgIpc) is 2.67. The Kier molecular flexibility index (Phi) is 3.25. The fourth-order valence-electron chi connectivity index (χ4n) is 1.85. The molecule has 2 aromatic rings. The summed E-state index contributed by atoms with van der Waals surface area (Å²) in [5, 5.41) is 14.4. The highest BCUT2D eigenvalue weighted by Gasteiger charge is 2.26. The third kappa shape index (κ3) is 2.42. The van der Waals surface area contributed by atoms with Crippen LogP contribution in [0.25, 0.3) is 5.69 Å². The van der Waals surface area contributed by atoms with E-state index in [4.69, 9.17) is 17.3 Å². The standard InChI is InChI=1S/C14H15ClN4/c1-14(2,3)12-11(8-16)13(17)19(18-12)10-6-4-9(15)5-7-10/h4-7H,17H2,1-3H3. The molecule has 0 saturated carbocycles. The first-order chi connectivity index (χ1) is 8.84. The molecule has 1 aromatic heterocycles. The molecule has 0 fully saturated rings. The van der Waals surface area contributed by atoms with Gasteiger partial charge in [-0.25, -0.2) is 4.68 Å². The molecule has 0 aliphatic heterocycles. The van der Waals surface area contributed by atoms with Crippen molar-refractivity contribution in [1.82, 2.24) is 9.78 Å². The molecule has 2 rings (SSSR count).